The van der Waals surface area contributed by atoms with Gasteiger partial charge in [0, 0.05) is 6.42 Å². The van der Waals surface area contributed by atoms with Crippen molar-refractivity contribution in [3.63, 3.8) is 0 Å². The molecule has 0 heterocycles. The fraction of sp³-hybridized carbons (Fsp3) is 0.929. The van der Waals surface area contributed by atoms with E-state index in [1.165, 1.54) is 0 Å². The predicted octanol–water partition coefficient (Wildman–Crippen LogP) is 2.36. The van der Waals surface area contributed by atoms with Crippen LogP contribution in [-0.2, 0) is 23.8 Å². The molecule has 20 heavy (non-hydrogen) atoms. The van der Waals surface area contributed by atoms with Crippen LogP contribution in [0.5, 0.6) is 0 Å². The van der Waals surface area contributed by atoms with E-state index in [1.54, 1.807) is 0 Å². The molecule has 0 spiro atoms. The van der Waals surface area contributed by atoms with E-state index < -0.39 is 15.7 Å². The standard InChI is InChI=1S/C14H26O5S/c1-13(2,3)19-12(15)8-10-7-11(14(10,4)5)9-18-20(6,16)17/h10-11H,7-9H2,1-6H3/t10-,11+/m0/s1. The highest BCUT2D eigenvalue weighted by Gasteiger charge is 2.49. The third-order valence-corrected chi connectivity index (χ3v) is 4.55. The Morgan fingerprint density at radius 3 is 2.20 bits per heavy atom. The molecule has 1 aliphatic rings. The fourth-order valence-electron chi connectivity index (χ4n) is 2.54. The van der Waals surface area contributed by atoms with E-state index in [1.807, 2.05) is 34.6 Å². The number of carbonyl (C=O) groups is 1. The van der Waals surface area contributed by atoms with Crippen LogP contribution in [0.3, 0.4) is 0 Å². The summed E-state index contributed by atoms with van der Waals surface area (Å²) in [6.07, 6.45) is 2.22. The Kier molecular flexibility index (Phi) is 4.91. The van der Waals surface area contributed by atoms with Crippen LogP contribution in [0, 0.1) is 17.3 Å². The van der Waals surface area contributed by atoms with Gasteiger partial charge in [-0.3, -0.25) is 8.98 Å². The van der Waals surface area contributed by atoms with Gasteiger partial charge < -0.3 is 4.74 Å². The molecule has 0 unspecified atom stereocenters. The predicted molar refractivity (Wildman–Crippen MR) is 76.6 cm³/mol. The minimum absolute atomic E-state index is 0.110. The summed E-state index contributed by atoms with van der Waals surface area (Å²) < 4.78 is 32.2. The Hall–Kier alpha value is -0.620. The Balaban J connectivity index is 2.47. The third-order valence-electron chi connectivity index (χ3n) is 3.99. The second-order valence-corrected chi connectivity index (χ2v) is 8.87. The van der Waals surface area contributed by atoms with Gasteiger partial charge in [-0.1, -0.05) is 13.8 Å². The van der Waals surface area contributed by atoms with E-state index in [-0.39, 0.29) is 29.8 Å². The van der Waals surface area contributed by atoms with E-state index in [2.05, 4.69) is 0 Å². The maximum Gasteiger partial charge on any atom is 0.306 e. The molecule has 0 aromatic rings. The quantitative estimate of drug-likeness (QED) is 0.576. The number of esters is 1. The van der Waals surface area contributed by atoms with Gasteiger partial charge in [0.05, 0.1) is 12.9 Å². The van der Waals surface area contributed by atoms with E-state index in [4.69, 9.17) is 8.92 Å². The molecule has 0 N–H and O–H groups in total. The lowest BCUT2D eigenvalue weighted by atomic mass is 9.54. The van der Waals surface area contributed by atoms with Crippen molar-refractivity contribution in [2.75, 3.05) is 12.9 Å². The summed E-state index contributed by atoms with van der Waals surface area (Å²) in [7, 11) is -3.40. The average molecular weight is 306 g/mol. The maximum absolute atomic E-state index is 11.8. The smallest absolute Gasteiger partial charge is 0.306 e. The van der Waals surface area contributed by atoms with Gasteiger partial charge in [0.25, 0.3) is 10.1 Å². The number of carbonyl (C=O) groups excluding carboxylic acids is 1. The van der Waals surface area contributed by atoms with Crippen molar-refractivity contribution < 1.29 is 22.1 Å². The number of rotatable bonds is 5. The van der Waals surface area contributed by atoms with Gasteiger partial charge in [0.1, 0.15) is 5.60 Å². The first-order chi connectivity index (χ1) is 8.81. The van der Waals surface area contributed by atoms with Gasteiger partial charge in [-0.05, 0) is 44.4 Å². The molecule has 0 radical (unpaired) electrons. The van der Waals surface area contributed by atoms with Crippen LogP contribution >= 0.6 is 0 Å². The van der Waals surface area contributed by atoms with Gasteiger partial charge in [-0.25, -0.2) is 0 Å². The van der Waals surface area contributed by atoms with Crippen molar-refractivity contribution in [2.45, 2.75) is 53.1 Å². The SMILES string of the molecule is CC(C)(C)OC(=O)C[C@@H]1C[C@H](COS(C)(=O)=O)C1(C)C. The maximum atomic E-state index is 11.8. The van der Waals surface area contributed by atoms with Crippen LogP contribution in [0.15, 0.2) is 0 Å². The molecule has 0 saturated heterocycles. The van der Waals surface area contributed by atoms with Gasteiger partial charge >= 0.3 is 5.97 Å². The van der Waals surface area contributed by atoms with Crippen LogP contribution < -0.4 is 0 Å². The second kappa shape index (κ2) is 5.64. The highest BCUT2D eigenvalue weighted by atomic mass is 32.2. The fourth-order valence-corrected chi connectivity index (χ4v) is 2.95. The van der Waals surface area contributed by atoms with Gasteiger partial charge in [-0.15, -0.1) is 0 Å². The molecule has 1 aliphatic carbocycles. The van der Waals surface area contributed by atoms with Crippen LogP contribution in [-0.4, -0.2) is 32.9 Å². The van der Waals surface area contributed by atoms with Crippen molar-refractivity contribution in [1.29, 1.82) is 0 Å². The summed E-state index contributed by atoms with van der Waals surface area (Å²) in [5, 5.41) is 0. The number of hydrogen-bond acceptors (Lipinski definition) is 5. The topological polar surface area (TPSA) is 69.7 Å². The molecule has 0 aromatic carbocycles. The Bertz CT molecular complexity index is 458. The Morgan fingerprint density at radius 1 is 1.25 bits per heavy atom. The summed E-state index contributed by atoms with van der Waals surface area (Å²) in [4.78, 5) is 11.8. The molecule has 5 nitrogen and oxygen atoms in total. The van der Waals surface area contributed by atoms with E-state index in [0.29, 0.717) is 6.42 Å². The molecule has 0 amide bonds. The highest BCUT2D eigenvalue weighted by Crippen LogP contribution is 2.53. The van der Waals surface area contributed by atoms with Crippen LogP contribution in [0.2, 0.25) is 0 Å². The highest BCUT2D eigenvalue weighted by molar-refractivity contribution is 7.85. The van der Waals surface area contributed by atoms with Gasteiger partial charge in [-0.2, -0.15) is 8.42 Å². The zero-order chi connectivity index (χ0) is 15.8. The largest absolute Gasteiger partial charge is 0.460 e. The van der Waals surface area contributed by atoms with E-state index in [0.717, 1.165) is 12.7 Å². The van der Waals surface area contributed by atoms with Crippen molar-refractivity contribution in [3.05, 3.63) is 0 Å². The first kappa shape index (κ1) is 17.4. The lowest BCUT2D eigenvalue weighted by Gasteiger charge is -2.51. The van der Waals surface area contributed by atoms with Crippen molar-refractivity contribution in [2.24, 2.45) is 17.3 Å². The first-order valence-corrected chi connectivity index (χ1v) is 8.69. The molecular formula is C14H26O5S. The van der Waals surface area contributed by atoms with Gasteiger partial charge in [0.2, 0.25) is 0 Å². The van der Waals surface area contributed by atoms with Crippen LogP contribution in [0.1, 0.15) is 47.5 Å². The summed E-state index contributed by atoms with van der Waals surface area (Å²) in [5.41, 5.74) is -0.578. The molecule has 1 saturated carbocycles. The second-order valence-electron chi connectivity index (χ2n) is 7.23. The van der Waals surface area contributed by atoms with Crippen molar-refractivity contribution >= 4 is 16.1 Å². The van der Waals surface area contributed by atoms with Crippen molar-refractivity contribution in [3.8, 4) is 0 Å². The first-order valence-electron chi connectivity index (χ1n) is 6.87. The zero-order valence-electron chi connectivity index (χ0n) is 13.2. The third kappa shape index (κ3) is 5.05. The normalized spacial score (nSPS) is 25.9. The average Bonchev–Trinajstić information content (AvgIpc) is 2.18. The molecular weight excluding hydrogens is 280 g/mol. The minimum atomic E-state index is -3.40. The van der Waals surface area contributed by atoms with Crippen LogP contribution in [0.25, 0.3) is 0 Å². The number of ether oxygens (including phenoxy) is 1. The molecule has 6 heteroatoms. The summed E-state index contributed by atoms with van der Waals surface area (Å²) in [5.74, 6) is 0.174. The monoisotopic (exact) mass is 306 g/mol. The summed E-state index contributed by atoms with van der Waals surface area (Å²) in [6, 6.07) is 0. The van der Waals surface area contributed by atoms with E-state index >= 15 is 0 Å². The zero-order valence-corrected chi connectivity index (χ0v) is 14.0. The Labute approximate surface area is 122 Å². The van der Waals surface area contributed by atoms with Crippen LogP contribution in [0.4, 0.5) is 0 Å². The van der Waals surface area contributed by atoms with E-state index in [9.17, 15) is 13.2 Å². The molecule has 1 rings (SSSR count). The molecule has 118 valence electrons. The molecule has 0 aromatic heterocycles. The lowest BCUT2D eigenvalue weighted by Crippen LogP contribution is -2.48. The number of hydrogen-bond donors (Lipinski definition) is 0. The Morgan fingerprint density at radius 2 is 1.80 bits per heavy atom. The molecule has 0 aliphatic heterocycles. The molecule has 1 fully saturated rings. The van der Waals surface area contributed by atoms with Crippen molar-refractivity contribution in [1.82, 2.24) is 0 Å². The molecule has 2 atom stereocenters. The molecule has 0 bridgehead atoms. The minimum Gasteiger partial charge on any atom is -0.460 e. The summed E-state index contributed by atoms with van der Waals surface area (Å²) >= 11 is 0. The lowest BCUT2D eigenvalue weighted by molar-refractivity contribution is -0.161. The summed E-state index contributed by atoms with van der Waals surface area (Å²) in [6.45, 7) is 9.82. The van der Waals surface area contributed by atoms with Gasteiger partial charge in [0.15, 0.2) is 0 Å².